The van der Waals surface area contributed by atoms with E-state index in [4.69, 9.17) is 0 Å². The zero-order valence-electron chi connectivity index (χ0n) is 14.5. The van der Waals surface area contributed by atoms with Gasteiger partial charge in [0.15, 0.2) is 0 Å². The maximum absolute atomic E-state index is 12.7. The third-order valence-electron chi connectivity index (χ3n) is 5.30. The molecule has 0 saturated carbocycles. The van der Waals surface area contributed by atoms with Gasteiger partial charge in [0, 0.05) is 38.8 Å². The van der Waals surface area contributed by atoms with Crippen LogP contribution < -0.4 is 0 Å². The van der Waals surface area contributed by atoms with E-state index in [2.05, 4.69) is 4.98 Å². The second-order valence-electron chi connectivity index (χ2n) is 6.89. The first-order chi connectivity index (χ1) is 11.7. The molecule has 0 unspecified atom stereocenters. The number of piperidine rings is 1. The molecule has 0 N–H and O–H groups in total. The van der Waals surface area contributed by atoms with Gasteiger partial charge in [-0.3, -0.25) is 14.6 Å². The monoisotopic (exact) mass is 329 g/mol. The highest BCUT2D eigenvalue weighted by Crippen LogP contribution is 2.24. The van der Waals surface area contributed by atoms with Crippen LogP contribution >= 0.6 is 0 Å². The maximum Gasteiger partial charge on any atom is 0.272 e. The van der Waals surface area contributed by atoms with E-state index in [0.717, 1.165) is 63.8 Å². The van der Waals surface area contributed by atoms with Crippen molar-refractivity contribution in [1.29, 1.82) is 0 Å². The lowest BCUT2D eigenvalue weighted by Crippen LogP contribution is -2.40. The fourth-order valence-corrected chi connectivity index (χ4v) is 3.75. The standard InChI is InChI=1S/C19H27N3O2/c1-2-16-6-5-9-20-18(16)19(24)22-12-7-15(8-13-22)14-17(23)21-10-3-4-11-21/h5-6,9,15H,2-4,7-8,10-14H2,1H3. The van der Waals surface area contributed by atoms with Crippen LogP contribution in [0.15, 0.2) is 18.3 Å². The quantitative estimate of drug-likeness (QED) is 0.853. The minimum Gasteiger partial charge on any atom is -0.343 e. The lowest BCUT2D eigenvalue weighted by atomic mass is 9.92. The Labute approximate surface area is 144 Å². The van der Waals surface area contributed by atoms with E-state index >= 15 is 0 Å². The summed E-state index contributed by atoms with van der Waals surface area (Å²) < 4.78 is 0. The molecule has 2 aliphatic heterocycles. The molecular formula is C19H27N3O2. The van der Waals surface area contributed by atoms with Gasteiger partial charge in [-0.2, -0.15) is 0 Å². The molecule has 2 saturated heterocycles. The summed E-state index contributed by atoms with van der Waals surface area (Å²) in [5.74, 6) is 0.753. The number of aryl methyl sites for hydroxylation is 1. The normalized spacial score (nSPS) is 18.9. The van der Waals surface area contributed by atoms with Crippen molar-refractivity contribution in [3.05, 3.63) is 29.6 Å². The fourth-order valence-electron chi connectivity index (χ4n) is 3.75. The Hall–Kier alpha value is -1.91. The summed E-state index contributed by atoms with van der Waals surface area (Å²) in [5, 5.41) is 0. The Morgan fingerprint density at radius 3 is 2.50 bits per heavy atom. The van der Waals surface area contributed by atoms with Gasteiger partial charge in [0.25, 0.3) is 5.91 Å². The molecule has 2 amide bonds. The Morgan fingerprint density at radius 1 is 1.12 bits per heavy atom. The molecule has 2 aliphatic rings. The van der Waals surface area contributed by atoms with Crippen molar-refractivity contribution >= 4 is 11.8 Å². The first-order valence-corrected chi connectivity index (χ1v) is 9.20. The number of carbonyl (C=O) groups excluding carboxylic acids is 2. The van der Waals surface area contributed by atoms with Gasteiger partial charge in [-0.1, -0.05) is 13.0 Å². The molecule has 0 radical (unpaired) electrons. The number of nitrogens with zero attached hydrogens (tertiary/aromatic N) is 3. The van der Waals surface area contributed by atoms with Crippen LogP contribution in [0.5, 0.6) is 0 Å². The number of amides is 2. The summed E-state index contributed by atoms with van der Waals surface area (Å²) in [6, 6.07) is 3.85. The number of hydrogen-bond acceptors (Lipinski definition) is 3. The Balaban J connectivity index is 1.53. The average molecular weight is 329 g/mol. The number of hydrogen-bond donors (Lipinski definition) is 0. The first kappa shape index (κ1) is 16.9. The van der Waals surface area contributed by atoms with Gasteiger partial charge in [0.1, 0.15) is 5.69 Å². The lowest BCUT2D eigenvalue weighted by Gasteiger charge is -2.32. The summed E-state index contributed by atoms with van der Waals surface area (Å²) in [6.07, 6.45) is 7.26. The number of aromatic nitrogens is 1. The lowest BCUT2D eigenvalue weighted by molar-refractivity contribution is -0.131. The maximum atomic E-state index is 12.7. The van der Waals surface area contributed by atoms with Gasteiger partial charge in [-0.05, 0) is 49.7 Å². The molecule has 0 aliphatic carbocycles. The zero-order chi connectivity index (χ0) is 16.9. The van der Waals surface area contributed by atoms with Gasteiger partial charge < -0.3 is 9.80 Å². The van der Waals surface area contributed by atoms with Crippen LogP contribution in [0.25, 0.3) is 0 Å². The van der Waals surface area contributed by atoms with E-state index < -0.39 is 0 Å². The van der Waals surface area contributed by atoms with Crippen molar-refractivity contribution in [3.8, 4) is 0 Å². The smallest absolute Gasteiger partial charge is 0.272 e. The van der Waals surface area contributed by atoms with E-state index in [9.17, 15) is 9.59 Å². The number of likely N-dealkylation sites (tertiary alicyclic amines) is 2. The zero-order valence-corrected chi connectivity index (χ0v) is 14.5. The van der Waals surface area contributed by atoms with Crippen LogP contribution in [0.1, 0.15) is 55.1 Å². The van der Waals surface area contributed by atoms with Gasteiger partial charge in [0.2, 0.25) is 5.91 Å². The van der Waals surface area contributed by atoms with Crippen LogP contribution in [0.4, 0.5) is 0 Å². The van der Waals surface area contributed by atoms with Crippen LogP contribution in [-0.4, -0.2) is 52.8 Å². The molecular weight excluding hydrogens is 302 g/mol. The van der Waals surface area contributed by atoms with Gasteiger partial charge >= 0.3 is 0 Å². The van der Waals surface area contributed by atoms with Crippen molar-refractivity contribution in [3.63, 3.8) is 0 Å². The minimum atomic E-state index is 0.0387. The molecule has 3 heterocycles. The molecule has 3 rings (SSSR count). The summed E-state index contributed by atoms with van der Waals surface area (Å²) >= 11 is 0. The van der Waals surface area contributed by atoms with Gasteiger partial charge in [0.05, 0.1) is 0 Å². The molecule has 0 spiro atoms. The molecule has 2 fully saturated rings. The van der Waals surface area contributed by atoms with E-state index in [0.29, 0.717) is 23.9 Å². The first-order valence-electron chi connectivity index (χ1n) is 9.20. The highest BCUT2D eigenvalue weighted by Gasteiger charge is 2.28. The summed E-state index contributed by atoms with van der Waals surface area (Å²) in [6.45, 7) is 5.36. The predicted octanol–water partition coefficient (Wildman–Crippen LogP) is 2.51. The van der Waals surface area contributed by atoms with Gasteiger partial charge in [-0.25, -0.2) is 0 Å². The van der Waals surface area contributed by atoms with E-state index in [-0.39, 0.29) is 5.91 Å². The predicted molar refractivity (Wildman–Crippen MR) is 92.7 cm³/mol. The van der Waals surface area contributed by atoms with E-state index in [1.165, 1.54) is 0 Å². The second kappa shape index (κ2) is 7.77. The SMILES string of the molecule is CCc1cccnc1C(=O)N1CCC(CC(=O)N2CCCC2)CC1. The Bertz CT molecular complexity index is 588. The third-order valence-corrected chi connectivity index (χ3v) is 5.30. The molecule has 5 nitrogen and oxygen atoms in total. The van der Waals surface area contributed by atoms with Crippen molar-refractivity contribution in [2.75, 3.05) is 26.2 Å². The van der Waals surface area contributed by atoms with E-state index in [1.54, 1.807) is 6.20 Å². The molecule has 24 heavy (non-hydrogen) atoms. The van der Waals surface area contributed by atoms with Crippen LogP contribution in [0.2, 0.25) is 0 Å². The number of rotatable bonds is 4. The topological polar surface area (TPSA) is 53.5 Å². The van der Waals surface area contributed by atoms with Crippen LogP contribution in [-0.2, 0) is 11.2 Å². The molecule has 1 aromatic heterocycles. The largest absolute Gasteiger partial charge is 0.343 e. The van der Waals surface area contributed by atoms with Crippen LogP contribution in [0, 0.1) is 5.92 Å². The third kappa shape index (κ3) is 3.77. The summed E-state index contributed by atoms with van der Waals surface area (Å²) in [5.41, 5.74) is 1.60. The number of carbonyl (C=O) groups is 2. The molecule has 1 aromatic rings. The van der Waals surface area contributed by atoms with Gasteiger partial charge in [-0.15, -0.1) is 0 Å². The second-order valence-corrected chi connectivity index (χ2v) is 6.89. The fraction of sp³-hybridized carbons (Fsp3) is 0.632. The minimum absolute atomic E-state index is 0.0387. The molecule has 0 aromatic carbocycles. The Morgan fingerprint density at radius 2 is 1.83 bits per heavy atom. The molecule has 130 valence electrons. The molecule has 0 atom stereocenters. The van der Waals surface area contributed by atoms with Crippen LogP contribution in [0.3, 0.4) is 0 Å². The average Bonchev–Trinajstić information content (AvgIpc) is 3.16. The van der Waals surface area contributed by atoms with Crippen molar-refractivity contribution < 1.29 is 9.59 Å². The summed E-state index contributed by atoms with van der Waals surface area (Å²) in [4.78, 5) is 33.2. The van der Waals surface area contributed by atoms with Crippen molar-refractivity contribution in [1.82, 2.24) is 14.8 Å². The van der Waals surface area contributed by atoms with Crippen molar-refractivity contribution in [2.24, 2.45) is 5.92 Å². The van der Waals surface area contributed by atoms with Crippen molar-refractivity contribution in [2.45, 2.75) is 45.4 Å². The summed E-state index contributed by atoms with van der Waals surface area (Å²) in [7, 11) is 0. The number of pyridine rings is 1. The van der Waals surface area contributed by atoms with E-state index in [1.807, 2.05) is 28.9 Å². The molecule has 5 heteroatoms. The highest BCUT2D eigenvalue weighted by atomic mass is 16.2. The molecule has 0 bridgehead atoms. The highest BCUT2D eigenvalue weighted by molar-refractivity contribution is 5.93. The Kier molecular flexibility index (Phi) is 5.48.